The fourth-order valence-corrected chi connectivity index (χ4v) is 3.48. The zero-order valence-electron chi connectivity index (χ0n) is 14.3. The first kappa shape index (κ1) is 17.4. The maximum absolute atomic E-state index is 12.5. The standard InChI is InChI=1S/C19H19NO4S/c1-11-4-6-17(13(3)12(11)2)15-8-14-9-16(24-25(20,22)23)5-7-18(14)19(21)10-15/h4-7,9-10H,8H2,1-3H3,(H2,20,22,23). The highest BCUT2D eigenvalue weighted by Crippen LogP contribution is 2.33. The van der Waals surface area contributed by atoms with Crippen molar-refractivity contribution in [1.82, 2.24) is 0 Å². The molecule has 1 aliphatic carbocycles. The molecule has 0 radical (unpaired) electrons. The van der Waals surface area contributed by atoms with E-state index in [1.54, 1.807) is 18.2 Å². The molecule has 0 amide bonds. The monoisotopic (exact) mass is 357 g/mol. The van der Waals surface area contributed by atoms with Crippen molar-refractivity contribution in [2.45, 2.75) is 27.2 Å². The van der Waals surface area contributed by atoms with Gasteiger partial charge in [0, 0.05) is 5.56 Å². The summed E-state index contributed by atoms with van der Waals surface area (Å²) in [6.45, 7) is 6.16. The summed E-state index contributed by atoms with van der Waals surface area (Å²) in [7, 11) is -4.10. The average molecular weight is 357 g/mol. The Bertz CT molecular complexity index is 1020. The summed E-state index contributed by atoms with van der Waals surface area (Å²) >= 11 is 0. The Morgan fingerprint density at radius 3 is 2.36 bits per heavy atom. The van der Waals surface area contributed by atoms with Crippen LogP contribution in [0.1, 0.15) is 38.2 Å². The van der Waals surface area contributed by atoms with Gasteiger partial charge in [-0.1, -0.05) is 12.1 Å². The molecule has 0 heterocycles. The van der Waals surface area contributed by atoms with Crippen LogP contribution in [0, 0.1) is 20.8 Å². The normalized spacial score (nSPS) is 14.1. The maximum atomic E-state index is 12.5. The average Bonchev–Trinajstić information content (AvgIpc) is 2.50. The zero-order valence-corrected chi connectivity index (χ0v) is 15.1. The Hall–Kier alpha value is -2.44. The van der Waals surface area contributed by atoms with Gasteiger partial charge in [0.05, 0.1) is 0 Å². The molecule has 0 aliphatic heterocycles. The highest BCUT2D eigenvalue weighted by molar-refractivity contribution is 7.84. The Labute approximate surface area is 147 Å². The molecule has 2 aromatic carbocycles. The Kier molecular flexibility index (Phi) is 4.26. The molecule has 0 atom stereocenters. The Balaban J connectivity index is 2.03. The molecule has 0 saturated carbocycles. The van der Waals surface area contributed by atoms with Crippen LogP contribution >= 0.6 is 0 Å². The number of fused-ring (bicyclic) bond motifs is 1. The van der Waals surface area contributed by atoms with Crippen LogP contribution in [0.5, 0.6) is 5.75 Å². The van der Waals surface area contributed by atoms with Crippen LogP contribution in [0.3, 0.4) is 0 Å². The number of ketones is 1. The number of allylic oxidation sites excluding steroid dienone is 2. The molecule has 0 aromatic heterocycles. The van der Waals surface area contributed by atoms with Crippen molar-refractivity contribution in [3.63, 3.8) is 0 Å². The third-order valence-electron chi connectivity index (χ3n) is 4.64. The summed E-state index contributed by atoms with van der Waals surface area (Å²) in [6.07, 6.45) is 2.17. The van der Waals surface area contributed by atoms with E-state index >= 15 is 0 Å². The number of aryl methyl sites for hydroxylation is 1. The van der Waals surface area contributed by atoms with Gasteiger partial charge in [-0.05, 0) is 84.9 Å². The molecular weight excluding hydrogens is 338 g/mol. The minimum atomic E-state index is -4.10. The molecule has 3 rings (SSSR count). The first-order valence-electron chi connectivity index (χ1n) is 7.83. The van der Waals surface area contributed by atoms with E-state index < -0.39 is 10.3 Å². The number of hydrogen-bond donors (Lipinski definition) is 1. The van der Waals surface area contributed by atoms with Crippen molar-refractivity contribution in [2.75, 3.05) is 0 Å². The van der Waals surface area contributed by atoms with E-state index in [-0.39, 0.29) is 11.5 Å². The van der Waals surface area contributed by atoms with E-state index in [2.05, 4.69) is 13.8 Å². The lowest BCUT2D eigenvalue weighted by atomic mass is 9.84. The molecule has 0 spiro atoms. The Morgan fingerprint density at radius 1 is 1.00 bits per heavy atom. The summed E-state index contributed by atoms with van der Waals surface area (Å²) in [4.78, 5) is 12.5. The number of nitrogens with two attached hydrogens (primary N) is 1. The number of hydrogen-bond acceptors (Lipinski definition) is 4. The largest absolute Gasteiger partial charge is 0.380 e. The number of benzene rings is 2. The van der Waals surface area contributed by atoms with E-state index in [4.69, 9.17) is 9.32 Å². The third-order valence-corrected chi connectivity index (χ3v) is 5.07. The molecule has 6 heteroatoms. The number of rotatable bonds is 3. The third kappa shape index (κ3) is 3.50. The van der Waals surface area contributed by atoms with Crippen LogP contribution in [0.2, 0.25) is 0 Å². The second kappa shape index (κ2) is 6.13. The van der Waals surface area contributed by atoms with Crippen molar-refractivity contribution in [2.24, 2.45) is 5.14 Å². The first-order chi connectivity index (χ1) is 11.7. The molecule has 1 aliphatic rings. The van der Waals surface area contributed by atoms with Crippen molar-refractivity contribution >= 4 is 21.7 Å². The van der Waals surface area contributed by atoms with Crippen molar-refractivity contribution < 1.29 is 17.4 Å². The predicted molar refractivity (Wildman–Crippen MR) is 96.8 cm³/mol. The summed E-state index contributed by atoms with van der Waals surface area (Å²) in [6, 6.07) is 8.62. The minimum Gasteiger partial charge on any atom is -0.371 e. The van der Waals surface area contributed by atoms with E-state index in [0.717, 1.165) is 22.3 Å². The quantitative estimate of drug-likeness (QED) is 0.915. The second-order valence-corrected chi connectivity index (χ2v) is 7.44. The van der Waals surface area contributed by atoms with Crippen molar-refractivity contribution in [1.29, 1.82) is 0 Å². The van der Waals surface area contributed by atoms with Gasteiger partial charge in [-0.15, -0.1) is 0 Å². The molecule has 2 N–H and O–H groups in total. The van der Waals surface area contributed by atoms with Gasteiger partial charge in [0.15, 0.2) is 5.78 Å². The van der Waals surface area contributed by atoms with E-state index in [1.165, 1.54) is 17.2 Å². The molecule has 0 bridgehead atoms. The molecule has 2 aromatic rings. The van der Waals surface area contributed by atoms with Crippen molar-refractivity contribution in [3.8, 4) is 5.75 Å². The Morgan fingerprint density at radius 2 is 1.68 bits per heavy atom. The van der Waals surface area contributed by atoms with Gasteiger partial charge < -0.3 is 4.18 Å². The molecule has 130 valence electrons. The van der Waals surface area contributed by atoms with Gasteiger partial charge in [-0.25, -0.2) is 0 Å². The highest BCUT2D eigenvalue weighted by Gasteiger charge is 2.21. The lowest BCUT2D eigenvalue weighted by molar-refractivity contribution is 0.104. The molecular formula is C19H19NO4S. The van der Waals surface area contributed by atoms with E-state index in [1.807, 2.05) is 19.1 Å². The molecule has 5 nitrogen and oxygen atoms in total. The van der Waals surface area contributed by atoms with Crippen LogP contribution in [-0.2, 0) is 16.7 Å². The van der Waals surface area contributed by atoms with Crippen LogP contribution in [0.15, 0.2) is 36.4 Å². The van der Waals surface area contributed by atoms with Crippen molar-refractivity contribution in [3.05, 3.63) is 69.8 Å². The van der Waals surface area contributed by atoms with Gasteiger partial charge in [0.25, 0.3) is 0 Å². The van der Waals surface area contributed by atoms with Gasteiger partial charge in [-0.2, -0.15) is 13.6 Å². The van der Waals surface area contributed by atoms with Crippen LogP contribution in [-0.4, -0.2) is 14.2 Å². The topological polar surface area (TPSA) is 86.5 Å². The lowest BCUT2D eigenvalue weighted by Gasteiger charge is -2.20. The SMILES string of the molecule is Cc1ccc(C2=CC(=O)c3ccc(OS(N)(=O)=O)cc3C2)c(C)c1C. The summed E-state index contributed by atoms with van der Waals surface area (Å²) in [5, 5.41) is 4.91. The fourth-order valence-electron chi connectivity index (χ4n) is 3.11. The maximum Gasteiger partial charge on any atom is 0.380 e. The summed E-state index contributed by atoms with van der Waals surface area (Å²) in [5.41, 5.74) is 6.75. The van der Waals surface area contributed by atoms with Crippen LogP contribution < -0.4 is 9.32 Å². The summed E-state index contributed by atoms with van der Waals surface area (Å²) < 4.78 is 26.9. The highest BCUT2D eigenvalue weighted by atomic mass is 32.2. The lowest BCUT2D eigenvalue weighted by Crippen LogP contribution is -2.19. The van der Waals surface area contributed by atoms with Gasteiger partial charge in [0.1, 0.15) is 5.75 Å². The van der Waals surface area contributed by atoms with Gasteiger partial charge in [-0.3, -0.25) is 4.79 Å². The molecule has 25 heavy (non-hydrogen) atoms. The van der Waals surface area contributed by atoms with E-state index in [0.29, 0.717) is 12.0 Å². The van der Waals surface area contributed by atoms with Crippen LogP contribution in [0.25, 0.3) is 5.57 Å². The predicted octanol–water partition coefficient (Wildman–Crippen LogP) is 3.02. The minimum absolute atomic E-state index is 0.101. The molecule has 0 unspecified atom stereocenters. The smallest absolute Gasteiger partial charge is 0.371 e. The zero-order chi connectivity index (χ0) is 18.4. The van der Waals surface area contributed by atoms with Crippen LogP contribution in [0.4, 0.5) is 0 Å². The first-order valence-corrected chi connectivity index (χ1v) is 9.30. The molecule has 0 fully saturated rings. The second-order valence-electron chi connectivity index (χ2n) is 6.29. The number of carbonyl (C=O) groups is 1. The van der Waals surface area contributed by atoms with Gasteiger partial charge in [0.2, 0.25) is 0 Å². The van der Waals surface area contributed by atoms with Gasteiger partial charge >= 0.3 is 10.3 Å². The molecule has 0 saturated heterocycles. The number of carbonyl (C=O) groups excluding carboxylic acids is 1. The fraction of sp³-hybridized carbons (Fsp3) is 0.211. The van der Waals surface area contributed by atoms with E-state index in [9.17, 15) is 13.2 Å². The summed E-state index contributed by atoms with van der Waals surface area (Å²) in [5.74, 6) is 0.00291.